The summed E-state index contributed by atoms with van der Waals surface area (Å²) in [6, 6.07) is 0. The Morgan fingerprint density at radius 2 is 1.96 bits per heavy atom. The molecule has 1 amide bonds. The molecule has 2 heterocycles. The Balaban J connectivity index is 2.60. The van der Waals surface area contributed by atoms with Crippen LogP contribution in [0.25, 0.3) is 0 Å². The van der Waals surface area contributed by atoms with Crippen LogP contribution < -0.4 is 0 Å². The quantitative estimate of drug-likeness (QED) is 0.725. The van der Waals surface area contributed by atoms with Crippen molar-refractivity contribution in [1.29, 1.82) is 0 Å². The summed E-state index contributed by atoms with van der Waals surface area (Å²) in [5, 5.41) is -1.10. The zero-order valence-corrected chi connectivity index (χ0v) is 15.4. The van der Waals surface area contributed by atoms with Crippen molar-refractivity contribution in [1.82, 2.24) is 4.90 Å². The van der Waals surface area contributed by atoms with Gasteiger partial charge in [-0.2, -0.15) is 0 Å². The van der Waals surface area contributed by atoms with Gasteiger partial charge in [-0.15, -0.1) is 0 Å². The summed E-state index contributed by atoms with van der Waals surface area (Å²) in [6.45, 7) is 8.75. The molecule has 2 atom stereocenters. The second kappa shape index (κ2) is 5.41. The monoisotopic (exact) mass is 343 g/mol. The number of hydrogen-bond acceptors (Lipinski definition) is 5. The number of ketones is 1. The van der Waals surface area contributed by atoms with Crippen molar-refractivity contribution >= 4 is 21.5 Å². The van der Waals surface area contributed by atoms with Crippen LogP contribution in [-0.4, -0.2) is 48.8 Å². The zero-order chi connectivity index (χ0) is 17.8. The summed E-state index contributed by atoms with van der Waals surface area (Å²) in [6.07, 6.45) is 0.934. The van der Waals surface area contributed by atoms with Crippen LogP contribution in [0.15, 0.2) is 11.3 Å². The molecule has 0 aromatic carbocycles. The van der Waals surface area contributed by atoms with E-state index in [4.69, 9.17) is 4.74 Å². The number of amides is 1. The maximum atomic E-state index is 12.8. The fraction of sp³-hybridized carbons (Fsp3) is 0.750. The fourth-order valence-corrected chi connectivity index (χ4v) is 5.75. The number of hydrogen-bond donors (Lipinski definition) is 0. The summed E-state index contributed by atoms with van der Waals surface area (Å²) in [7, 11) is -2.23. The Kier molecular flexibility index (Phi) is 4.27. The second-order valence-corrected chi connectivity index (χ2v) is 9.45. The van der Waals surface area contributed by atoms with Gasteiger partial charge in [-0.25, -0.2) is 8.42 Å². The van der Waals surface area contributed by atoms with Gasteiger partial charge >= 0.3 is 0 Å². The third-order valence-electron chi connectivity index (χ3n) is 4.50. The number of β-lactam (4-membered cyclic amide) rings is 1. The number of fused-ring (bicyclic) bond motifs is 1. The largest absolute Gasteiger partial charge is 0.365 e. The highest BCUT2D eigenvalue weighted by atomic mass is 32.2. The third-order valence-corrected chi connectivity index (χ3v) is 6.61. The zero-order valence-electron chi connectivity index (χ0n) is 14.6. The van der Waals surface area contributed by atoms with Gasteiger partial charge in [-0.1, -0.05) is 34.1 Å². The Labute approximate surface area is 137 Å². The first-order valence-electron chi connectivity index (χ1n) is 7.79. The number of nitrogens with zero attached hydrogens (tertiary/aromatic N) is 1. The molecule has 2 rings (SSSR count). The second-order valence-electron chi connectivity index (χ2n) is 7.39. The number of carbonyl (C=O) groups is 2. The van der Waals surface area contributed by atoms with E-state index in [1.54, 1.807) is 27.7 Å². The van der Waals surface area contributed by atoms with Crippen LogP contribution in [0.4, 0.5) is 0 Å². The van der Waals surface area contributed by atoms with E-state index in [1.165, 1.54) is 7.11 Å². The highest BCUT2D eigenvalue weighted by molar-refractivity contribution is 7.92. The van der Waals surface area contributed by atoms with Crippen molar-refractivity contribution in [2.24, 2.45) is 5.41 Å². The van der Waals surface area contributed by atoms with E-state index in [2.05, 4.69) is 0 Å². The molecule has 0 aliphatic carbocycles. The van der Waals surface area contributed by atoms with E-state index in [1.807, 2.05) is 6.92 Å². The Morgan fingerprint density at radius 1 is 1.39 bits per heavy atom. The Morgan fingerprint density at radius 3 is 2.39 bits per heavy atom. The van der Waals surface area contributed by atoms with E-state index >= 15 is 0 Å². The van der Waals surface area contributed by atoms with Gasteiger partial charge in [0.2, 0.25) is 0 Å². The topological polar surface area (TPSA) is 80.8 Å². The minimum absolute atomic E-state index is 0.215. The smallest absolute Gasteiger partial charge is 0.263 e. The van der Waals surface area contributed by atoms with E-state index in [0.29, 0.717) is 18.4 Å². The first kappa shape index (κ1) is 18.1. The maximum absolute atomic E-state index is 12.8. The molecular weight excluding hydrogens is 318 g/mol. The van der Waals surface area contributed by atoms with Crippen LogP contribution in [0.2, 0.25) is 0 Å². The number of methoxy groups -OCH3 is 1. The maximum Gasteiger partial charge on any atom is 0.263 e. The van der Waals surface area contributed by atoms with Crippen LogP contribution in [0.3, 0.4) is 0 Å². The minimum atomic E-state index is -3.59. The van der Waals surface area contributed by atoms with Crippen LogP contribution in [0, 0.1) is 5.41 Å². The molecule has 1 saturated heterocycles. The number of sulfone groups is 1. The standard InChI is InChI=1S/C16H25NO5S/c1-7-8-16(22-6)13(19)17-11(12(18)15(3,4)5)10(2)9-23(20,21)14(16)17/h14H,7-9H2,1-6H3/t14-,16-/m1/s1. The lowest BCUT2D eigenvalue weighted by atomic mass is 9.81. The molecule has 0 unspecified atom stereocenters. The summed E-state index contributed by atoms with van der Waals surface area (Å²) in [4.78, 5) is 26.7. The molecule has 2 aliphatic rings. The molecule has 2 aliphatic heterocycles. The van der Waals surface area contributed by atoms with Crippen LogP contribution in [0.1, 0.15) is 47.5 Å². The molecule has 0 radical (unpaired) electrons. The van der Waals surface area contributed by atoms with Gasteiger partial charge < -0.3 is 4.74 Å². The fourth-order valence-electron chi connectivity index (χ4n) is 3.43. The molecule has 7 heteroatoms. The molecule has 23 heavy (non-hydrogen) atoms. The predicted octanol–water partition coefficient (Wildman–Crippen LogP) is 1.66. The van der Waals surface area contributed by atoms with E-state index in [0.717, 1.165) is 4.90 Å². The van der Waals surface area contributed by atoms with Crippen molar-refractivity contribution in [2.75, 3.05) is 12.9 Å². The van der Waals surface area contributed by atoms with Gasteiger partial charge in [0, 0.05) is 12.5 Å². The van der Waals surface area contributed by atoms with Crippen molar-refractivity contribution < 1.29 is 22.7 Å². The van der Waals surface area contributed by atoms with Gasteiger partial charge in [0.15, 0.2) is 26.6 Å². The van der Waals surface area contributed by atoms with Crippen LogP contribution >= 0.6 is 0 Å². The van der Waals surface area contributed by atoms with Crippen molar-refractivity contribution in [3.8, 4) is 0 Å². The normalized spacial score (nSPS) is 30.1. The summed E-state index contributed by atoms with van der Waals surface area (Å²) < 4.78 is 30.7. The van der Waals surface area contributed by atoms with Crippen LogP contribution in [-0.2, 0) is 24.2 Å². The molecule has 1 fully saturated rings. The highest BCUT2D eigenvalue weighted by Crippen LogP contribution is 2.48. The average Bonchev–Trinajstić information content (AvgIpc) is 2.41. The summed E-state index contributed by atoms with van der Waals surface area (Å²) in [5.74, 6) is -0.862. The average molecular weight is 343 g/mol. The van der Waals surface area contributed by atoms with E-state index in [-0.39, 0.29) is 17.2 Å². The third kappa shape index (κ3) is 2.45. The molecule has 0 spiro atoms. The van der Waals surface area contributed by atoms with Crippen molar-refractivity contribution in [3.05, 3.63) is 11.3 Å². The lowest BCUT2D eigenvalue weighted by Gasteiger charge is -2.56. The van der Waals surface area contributed by atoms with E-state index < -0.39 is 32.1 Å². The van der Waals surface area contributed by atoms with Gasteiger partial charge in [0.05, 0.1) is 11.4 Å². The van der Waals surface area contributed by atoms with E-state index in [9.17, 15) is 18.0 Å². The first-order valence-corrected chi connectivity index (χ1v) is 9.50. The van der Waals surface area contributed by atoms with Crippen molar-refractivity contribution in [2.45, 2.75) is 58.4 Å². The number of Topliss-reactive ketones (excluding diaryl/α,β-unsaturated/α-hetero) is 1. The molecule has 130 valence electrons. The number of ether oxygens (including phenoxy) is 1. The highest BCUT2D eigenvalue weighted by Gasteiger charge is 2.69. The molecule has 0 N–H and O–H groups in total. The van der Waals surface area contributed by atoms with Crippen molar-refractivity contribution in [3.63, 3.8) is 0 Å². The van der Waals surface area contributed by atoms with Gasteiger partial charge in [-0.05, 0) is 18.9 Å². The first-order chi connectivity index (χ1) is 10.4. The molecule has 0 aromatic rings. The molecule has 0 saturated carbocycles. The number of rotatable bonds is 4. The predicted molar refractivity (Wildman–Crippen MR) is 86.2 cm³/mol. The van der Waals surface area contributed by atoms with Gasteiger partial charge in [0.1, 0.15) is 0 Å². The Bertz CT molecular complexity index is 686. The van der Waals surface area contributed by atoms with Gasteiger partial charge in [-0.3, -0.25) is 14.5 Å². The lowest BCUT2D eigenvalue weighted by Crippen LogP contribution is -2.78. The van der Waals surface area contributed by atoms with Gasteiger partial charge in [0.25, 0.3) is 5.91 Å². The van der Waals surface area contributed by atoms with Crippen LogP contribution in [0.5, 0.6) is 0 Å². The summed E-state index contributed by atoms with van der Waals surface area (Å²) >= 11 is 0. The minimum Gasteiger partial charge on any atom is -0.365 e. The lowest BCUT2D eigenvalue weighted by molar-refractivity contribution is -0.185. The molecule has 0 aromatic heterocycles. The SMILES string of the molecule is CCC[C@@]1(OC)C(=O)N2C(C(=O)C(C)(C)C)=C(C)CS(=O)(=O)[C@@H]21. The molecule has 6 nitrogen and oxygen atoms in total. The number of carbonyl (C=O) groups excluding carboxylic acids is 2. The molecular formula is C16H25NO5S. The molecule has 0 bridgehead atoms. The Hall–Kier alpha value is -1.21. The summed E-state index contributed by atoms with van der Waals surface area (Å²) in [5.41, 5.74) is -1.40. The number of allylic oxidation sites excluding steroid dienone is 1.